The number of nitrogens with zero attached hydrogens (tertiary/aromatic N) is 4. The van der Waals surface area contributed by atoms with Crippen molar-refractivity contribution < 1.29 is 0 Å². The zero-order valence-corrected chi connectivity index (χ0v) is 25.7. The van der Waals surface area contributed by atoms with Crippen molar-refractivity contribution >= 4 is 39.0 Å². The predicted molar refractivity (Wildman–Crippen MR) is 193 cm³/mol. The summed E-state index contributed by atoms with van der Waals surface area (Å²) in [6.07, 6.45) is 6.19. The molecule has 1 aromatic heterocycles. The van der Waals surface area contributed by atoms with E-state index in [-0.39, 0.29) is 0 Å². The summed E-state index contributed by atoms with van der Waals surface area (Å²) in [7, 11) is 0. The molecule has 0 spiro atoms. The minimum absolute atomic E-state index is 0.684. The third kappa shape index (κ3) is 4.74. The summed E-state index contributed by atoms with van der Waals surface area (Å²) in [6, 6.07) is 50.9. The van der Waals surface area contributed by atoms with E-state index in [1.165, 1.54) is 38.7 Å². The van der Waals surface area contributed by atoms with Crippen molar-refractivity contribution in [3.63, 3.8) is 0 Å². The van der Waals surface area contributed by atoms with Crippen LogP contribution < -0.4 is 4.90 Å². The van der Waals surface area contributed by atoms with Crippen molar-refractivity contribution in [1.82, 2.24) is 15.0 Å². The van der Waals surface area contributed by atoms with Crippen molar-refractivity contribution in [3.05, 3.63) is 180 Å². The Morgan fingerprint density at radius 2 is 1.02 bits per heavy atom. The second-order valence-electron chi connectivity index (χ2n) is 12.0. The van der Waals surface area contributed by atoms with Gasteiger partial charge in [-0.05, 0) is 64.4 Å². The van der Waals surface area contributed by atoms with Crippen LogP contribution in [0.3, 0.4) is 0 Å². The SMILES string of the molecule is C1=CC2=C(c3nc(-c4ccccc4)nc(-c4ccccc4)n3)Cc3ccc(N(c4ccccc4)c4ccccc4)c4ccc(c2c34)C1. The van der Waals surface area contributed by atoms with Crippen LogP contribution in [0.15, 0.2) is 158 Å². The van der Waals surface area contributed by atoms with Gasteiger partial charge in [-0.25, -0.2) is 15.0 Å². The Morgan fingerprint density at radius 3 is 1.62 bits per heavy atom. The Hall–Kier alpha value is -6.13. The maximum absolute atomic E-state index is 5.14. The van der Waals surface area contributed by atoms with E-state index in [1.807, 2.05) is 36.4 Å². The third-order valence-corrected chi connectivity index (χ3v) is 9.15. The van der Waals surface area contributed by atoms with E-state index in [4.69, 9.17) is 15.0 Å². The number of anilines is 3. The highest BCUT2D eigenvalue weighted by molar-refractivity contribution is 6.14. The van der Waals surface area contributed by atoms with E-state index in [0.717, 1.165) is 46.7 Å². The molecule has 0 N–H and O–H groups in total. The Balaban J connectivity index is 1.27. The Morgan fingerprint density at radius 1 is 0.489 bits per heavy atom. The van der Waals surface area contributed by atoms with Gasteiger partial charge in [0.15, 0.2) is 17.5 Å². The number of aromatic nitrogens is 3. The first-order valence-corrected chi connectivity index (χ1v) is 16.1. The summed E-state index contributed by atoms with van der Waals surface area (Å²) in [6.45, 7) is 0. The molecule has 0 fully saturated rings. The quantitative estimate of drug-likeness (QED) is 0.190. The minimum Gasteiger partial charge on any atom is -0.310 e. The number of para-hydroxylation sites is 2. The molecule has 1 heterocycles. The molecule has 9 rings (SSSR count). The van der Waals surface area contributed by atoms with Crippen LogP contribution in [-0.2, 0) is 12.8 Å². The minimum atomic E-state index is 0.684. The summed E-state index contributed by atoms with van der Waals surface area (Å²) in [5.74, 6) is 2.10. The fourth-order valence-electron chi connectivity index (χ4n) is 7.01. The van der Waals surface area contributed by atoms with Crippen LogP contribution in [0.25, 0.3) is 44.7 Å². The van der Waals surface area contributed by atoms with Crippen LogP contribution in [-0.4, -0.2) is 15.0 Å². The van der Waals surface area contributed by atoms with Gasteiger partial charge in [0.05, 0.1) is 5.69 Å². The van der Waals surface area contributed by atoms with Crippen molar-refractivity contribution in [2.45, 2.75) is 12.8 Å². The second-order valence-corrected chi connectivity index (χ2v) is 12.0. The Labute approximate surface area is 274 Å². The molecule has 222 valence electrons. The molecule has 0 amide bonds. The van der Waals surface area contributed by atoms with Crippen LogP contribution in [0.1, 0.15) is 22.5 Å². The maximum atomic E-state index is 5.14. The summed E-state index contributed by atoms with van der Waals surface area (Å²) in [4.78, 5) is 17.6. The molecule has 0 atom stereocenters. The lowest BCUT2D eigenvalue weighted by atomic mass is 9.77. The zero-order chi connectivity index (χ0) is 31.2. The highest BCUT2D eigenvalue weighted by atomic mass is 15.1. The molecule has 2 aliphatic rings. The fraction of sp³-hybridized carbons (Fsp3) is 0.0465. The van der Waals surface area contributed by atoms with Crippen molar-refractivity contribution in [2.75, 3.05) is 4.90 Å². The van der Waals surface area contributed by atoms with E-state index in [1.54, 1.807) is 0 Å². The molecule has 4 nitrogen and oxygen atoms in total. The van der Waals surface area contributed by atoms with Gasteiger partial charge in [0.25, 0.3) is 0 Å². The monoisotopic (exact) mass is 602 g/mol. The number of hydrogen-bond acceptors (Lipinski definition) is 4. The lowest BCUT2D eigenvalue weighted by Gasteiger charge is -2.31. The third-order valence-electron chi connectivity index (χ3n) is 9.15. The van der Waals surface area contributed by atoms with Crippen molar-refractivity contribution in [1.29, 1.82) is 0 Å². The molecule has 0 radical (unpaired) electrons. The molecule has 4 heteroatoms. The number of allylic oxidation sites excluding steroid dienone is 4. The molecule has 47 heavy (non-hydrogen) atoms. The molecule has 2 aliphatic carbocycles. The lowest BCUT2D eigenvalue weighted by molar-refractivity contribution is 1.02. The van der Waals surface area contributed by atoms with Gasteiger partial charge >= 0.3 is 0 Å². The summed E-state index contributed by atoms with van der Waals surface area (Å²) >= 11 is 0. The zero-order valence-electron chi connectivity index (χ0n) is 25.7. The molecule has 0 saturated carbocycles. The molecular formula is C43H30N4. The number of hydrogen-bond donors (Lipinski definition) is 0. The molecule has 6 aromatic carbocycles. The summed E-state index contributed by atoms with van der Waals surface area (Å²) in [5, 5.41) is 2.56. The summed E-state index contributed by atoms with van der Waals surface area (Å²) < 4.78 is 0. The van der Waals surface area contributed by atoms with Crippen LogP contribution >= 0.6 is 0 Å². The van der Waals surface area contributed by atoms with Gasteiger partial charge in [-0.3, -0.25) is 0 Å². The van der Waals surface area contributed by atoms with Gasteiger partial charge in [0.1, 0.15) is 0 Å². The Bertz CT molecular complexity index is 2230. The van der Waals surface area contributed by atoms with Crippen molar-refractivity contribution in [2.24, 2.45) is 0 Å². The van der Waals surface area contributed by atoms with Gasteiger partial charge < -0.3 is 4.90 Å². The first-order valence-electron chi connectivity index (χ1n) is 16.1. The molecular weight excluding hydrogens is 573 g/mol. The highest BCUT2D eigenvalue weighted by Crippen LogP contribution is 2.48. The van der Waals surface area contributed by atoms with Crippen LogP contribution in [0, 0.1) is 0 Å². The second kappa shape index (κ2) is 11.3. The predicted octanol–water partition coefficient (Wildman–Crippen LogP) is 10.4. The topological polar surface area (TPSA) is 41.9 Å². The van der Waals surface area contributed by atoms with Gasteiger partial charge in [-0.1, -0.05) is 127 Å². The molecule has 0 unspecified atom stereocenters. The van der Waals surface area contributed by atoms with E-state index in [2.05, 4.69) is 126 Å². The standard InChI is InChI=1S/C43H30N4/c1-5-14-30(15-6-1)41-44-42(31-16-7-2-8-17-31)46-43(45-41)37-28-32-25-27-38(36-26-24-29-18-13-23-35(37)39(29)40(32)36)47(33-19-9-3-10-20-33)34-21-11-4-12-22-34/h1-17,19-27H,18,28H2. The Kier molecular flexibility index (Phi) is 6.57. The number of rotatable bonds is 6. The normalized spacial score (nSPS) is 13.2. The van der Waals surface area contributed by atoms with Crippen LogP contribution in [0.5, 0.6) is 0 Å². The average Bonchev–Trinajstić information content (AvgIpc) is 3.15. The average molecular weight is 603 g/mol. The first kappa shape index (κ1) is 27.2. The first-order chi connectivity index (χ1) is 23.3. The van der Waals surface area contributed by atoms with E-state index in [9.17, 15) is 0 Å². The molecule has 0 aliphatic heterocycles. The molecule has 0 bridgehead atoms. The fourth-order valence-corrected chi connectivity index (χ4v) is 7.01. The molecule has 0 saturated heterocycles. The van der Waals surface area contributed by atoms with E-state index in [0.29, 0.717) is 11.6 Å². The number of benzene rings is 6. The smallest absolute Gasteiger partial charge is 0.164 e. The van der Waals surface area contributed by atoms with Gasteiger partial charge in [0, 0.05) is 39.9 Å². The van der Waals surface area contributed by atoms with Gasteiger partial charge in [-0.15, -0.1) is 0 Å². The summed E-state index contributed by atoms with van der Waals surface area (Å²) in [5.41, 5.74) is 11.6. The largest absolute Gasteiger partial charge is 0.310 e. The van der Waals surface area contributed by atoms with Crippen LogP contribution in [0.4, 0.5) is 17.1 Å². The van der Waals surface area contributed by atoms with Crippen molar-refractivity contribution in [3.8, 4) is 22.8 Å². The van der Waals surface area contributed by atoms with E-state index < -0.39 is 0 Å². The highest BCUT2D eigenvalue weighted by Gasteiger charge is 2.29. The lowest BCUT2D eigenvalue weighted by Crippen LogP contribution is -2.14. The maximum Gasteiger partial charge on any atom is 0.164 e. The van der Waals surface area contributed by atoms with Crippen LogP contribution in [0.2, 0.25) is 0 Å². The molecule has 7 aromatic rings. The van der Waals surface area contributed by atoms with Gasteiger partial charge in [0.2, 0.25) is 0 Å². The van der Waals surface area contributed by atoms with Gasteiger partial charge in [-0.2, -0.15) is 0 Å². The van der Waals surface area contributed by atoms with E-state index >= 15 is 0 Å².